The summed E-state index contributed by atoms with van der Waals surface area (Å²) in [4.78, 5) is 23.1. The Balaban J connectivity index is 1.74. The van der Waals surface area contributed by atoms with Crippen LogP contribution in [-0.2, 0) is 11.0 Å². The van der Waals surface area contributed by atoms with Gasteiger partial charge in [0.25, 0.3) is 0 Å². The van der Waals surface area contributed by atoms with Gasteiger partial charge in [-0.05, 0) is 42.0 Å². The Morgan fingerprint density at radius 2 is 1.81 bits per heavy atom. The van der Waals surface area contributed by atoms with Crippen LogP contribution in [0.25, 0.3) is 17.0 Å². The zero-order valence-electron chi connectivity index (χ0n) is 13.1. The summed E-state index contributed by atoms with van der Waals surface area (Å²) < 4.78 is 48.0. The van der Waals surface area contributed by atoms with Crippen LogP contribution in [0.3, 0.4) is 0 Å². The third kappa shape index (κ3) is 4.18. The molecule has 0 spiro atoms. The Morgan fingerprint density at radius 3 is 2.58 bits per heavy atom. The van der Waals surface area contributed by atoms with E-state index in [0.717, 1.165) is 18.2 Å². The topological polar surface area (TPSA) is 56.5 Å². The highest BCUT2D eigenvalue weighted by Crippen LogP contribution is 2.29. The van der Waals surface area contributed by atoms with Crippen molar-refractivity contribution in [2.24, 2.45) is 0 Å². The SMILES string of the molecule is O=C(/C=C/c1cccc(C(F)(F)F)c1)Oc1ccc2ccc(=O)oc2c1. The van der Waals surface area contributed by atoms with Gasteiger partial charge >= 0.3 is 17.8 Å². The van der Waals surface area contributed by atoms with Crippen LogP contribution in [0.5, 0.6) is 5.75 Å². The standard InChI is InChI=1S/C19H11F3O4/c20-19(21,22)14-3-1-2-12(10-14)4-8-17(23)25-15-7-5-13-6-9-18(24)26-16(13)11-15/h1-11H/b8-4+. The number of halogens is 3. The van der Waals surface area contributed by atoms with Gasteiger partial charge < -0.3 is 9.15 Å². The summed E-state index contributed by atoms with van der Waals surface area (Å²) in [5, 5.41) is 0.656. The molecule has 7 heteroatoms. The Hall–Kier alpha value is -3.35. The molecule has 132 valence electrons. The van der Waals surface area contributed by atoms with Crippen molar-refractivity contribution in [3.8, 4) is 5.75 Å². The molecular weight excluding hydrogens is 349 g/mol. The first-order chi connectivity index (χ1) is 12.3. The van der Waals surface area contributed by atoms with E-state index in [0.29, 0.717) is 5.39 Å². The summed E-state index contributed by atoms with van der Waals surface area (Å²) in [5.41, 5.74) is -0.881. The van der Waals surface area contributed by atoms with Gasteiger partial charge in [0, 0.05) is 23.6 Å². The zero-order valence-corrected chi connectivity index (χ0v) is 13.1. The number of fused-ring (bicyclic) bond motifs is 1. The molecule has 0 aliphatic carbocycles. The molecule has 0 aliphatic rings. The molecule has 0 atom stereocenters. The maximum atomic E-state index is 12.7. The molecule has 1 heterocycles. The minimum Gasteiger partial charge on any atom is -0.423 e. The largest absolute Gasteiger partial charge is 0.423 e. The maximum Gasteiger partial charge on any atom is 0.416 e. The number of carbonyl (C=O) groups excluding carboxylic acids is 1. The molecule has 0 radical (unpaired) electrons. The monoisotopic (exact) mass is 360 g/mol. The average Bonchev–Trinajstić information content (AvgIpc) is 2.59. The molecule has 3 aromatic rings. The first kappa shape index (κ1) is 17.5. The Bertz CT molecular complexity index is 1050. The normalized spacial score (nSPS) is 11.8. The lowest BCUT2D eigenvalue weighted by Gasteiger charge is -2.06. The van der Waals surface area contributed by atoms with E-state index in [1.54, 1.807) is 12.1 Å². The molecule has 1 aromatic heterocycles. The molecular formula is C19H11F3O4. The second-order valence-electron chi connectivity index (χ2n) is 5.33. The van der Waals surface area contributed by atoms with E-state index >= 15 is 0 Å². The van der Waals surface area contributed by atoms with Gasteiger partial charge in [0.15, 0.2) is 0 Å². The zero-order chi connectivity index (χ0) is 18.7. The highest BCUT2D eigenvalue weighted by Gasteiger charge is 2.30. The van der Waals surface area contributed by atoms with E-state index in [1.165, 1.54) is 36.4 Å². The van der Waals surface area contributed by atoms with Crippen LogP contribution < -0.4 is 10.4 Å². The smallest absolute Gasteiger partial charge is 0.416 e. The molecule has 0 saturated carbocycles. The van der Waals surface area contributed by atoms with E-state index < -0.39 is 23.3 Å². The summed E-state index contributed by atoms with van der Waals surface area (Å²) in [5.74, 6) is -0.634. The van der Waals surface area contributed by atoms with Crippen LogP contribution in [0.1, 0.15) is 11.1 Å². The minimum absolute atomic E-state index is 0.144. The molecule has 0 N–H and O–H groups in total. The summed E-state index contributed by atoms with van der Waals surface area (Å²) >= 11 is 0. The molecule has 0 unspecified atom stereocenters. The fourth-order valence-electron chi connectivity index (χ4n) is 2.24. The predicted octanol–water partition coefficient (Wildman–Crippen LogP) is 4.43. The van der Waals surface area contributed by atoms with Gasteiger partial charge in [-0.3, -0.25) is 0 Å². The number of benzene rings is 2. The van der Waals surface area contributed by atoms with Crippen molar-refractivity contribution in [3.05, 3.63) is 82.2 Å². The van der Waals surface area contributed by atoms with Gasteiger partial charge in [0.2, 0.25) is 0 Å². The van der Waals surface area contributed by atoms with Crippen molar-refractivity contribution in [1.82, 2.24) is 0 Å². The molecule has 3 rings (SSSR count). The number of hydrogen-bond donors (Lipinski definition) is 0. The number of ether oxygens (including phenoxy) is 1. The molecule has 26 heavy (non-hydrogen) atoms. The number of carbonyl (C=O) groups is 1. The molecule has 0 aliphatic heterocycles. The molecule has 0 fully saturated rings. The van der Waals surface area contributed by atoms with Crippen molar-refractivity contribution in [3.63, 3.8) is 0 Å². The predicted molar refractivity (Wildman–Crippen MR) is 88.6 cm³/mol. The summed E-state index contributed by atoms with van der Waals surface area (Å²) in [7, 11) is 0. The van der Waals surface area contributed by atoms with Crippen molar-refractivity contribution in [2.75, 3.05) is 0 Å². The van der Waals surface area contributed by atoms with Gasteiger partial charge in [0.1, 0.15) is 11.3 Å². The third-order valence-corrected chi connectivity index (χ3v) is 3.44. The van der Waals surface area contributed by atoms with Crippen LogP contribution in [0.15, 0.2) is 69.9 Å². The van der Waals surface area contributed by atoms with Crippen LogP contribution in [0, 0.1) is 0 Å². The van der Waals surface area contributed by atoms with Gasteiger partial charge in [-0.25, -0.2) is 9.59 Å². The number of esters is 1. The van der Waals surface area contributed by atoms with Gasteiger partial charge in [-0.1, -0.05) is 12.1 Å². The molecule has 0 saturated heterocycles. The van der Waals surface area contributed by atoms with E-state index in [4.69, 9.17) is 9.15 Å². The van der Waals surface area contributed by atoms with E-state index in [2.05, 4.69) is 0 Å². The van der Waals surface area contributed by atoms with Gasteiger partial charge in [-0.2, -0.15) is 13.2 Å². The summed E-state index contributed by atoms with van der Waals surface area (Å²) in [6.07, 6.45) is -2.22. The van der Waals surface area contributed by atoms with Crippen LogP contribution in [0.2, 0.25) is 0 Å². The lowest BCUT2D eigenvalue weighted by Crippen LogP contribution is -2.05. The number of rotatable bonds is 3. The molecule has 0 bridgehead atoms. The van der Waals surface area contributed by atoms with Crippen molar-refractivity contribution >= 4 is 23.0 Å². The molecule has 4 nitrogen and oxygen atoms in total. The van der Waals surface area contributed by atoms with Gasteiger partial charge in [-0.15, -0.1) is 0 Å². The number of hydrogen-bond acceptors (Lipinski definition) is 4. The second-order valence-corrected chi connectivity index (χ2v) is 5.33. The highest BCUT2D eigenvalue weighted by atomic mass is 19.4. The summed E-state index contributed by atoms with van der Waals surface area (Å²) in [6, 6.07) is 11.9. The van der Waals surface area contributed by atoms with Crippen LogP contribution >= 0.6 is 0 Å². The quantitative estimate of drug-likeness (QED) is 0.300. The van der Waals surface area contributed by atoms with Gasteiger partial charge in [0.05, 0.1) is 5.56 Å². The van der Waals surface area contributed by atoms with Crippen molar-refractivity contribution in [1.29, 1.82) is 0 Å². The summed E-state index contributed by atoms with van der Waals surface area (Å²) in [6.45, 7) is 0. The van der Waals surface area contributed by atoms with Crippen LogP contribution in [0.4, 0.5) is 13.2 Å². The van der Waals surface area contributed by atoms with E-state index in [1.807, 2.05) is 0 Å². The molecule has 0 amide bonds. The van der Waals surface area contributed by atoms with E-state index in [-0.39, 0.29) is 16.9 Å². The van der Waals surface area contributed by atoms with Crippen LogP contribution in [-0.4, -0.2) is 5.97 Å². The molecule has 2 aromatic carbocycles. The van der Waals surface area contributed by atoms with Crippen molar-refractivity contribution in [2.45, 2.75) is 6.18 Å². The Kier molecular flexibility index (Phi) is 4.62. The third-order valence-electron chi connectivity index (χ3n) is 3.44. The Morgan fingerprint density at radius 1 is 1.04 bits per heavy atom. The van der Waals surface area contributed by atoms with Crippen molar-refractivity contribution < 1.29 is 27.1 Å². The maximum absolute atomic E-state index is 12.7. The first-order valence-electron chi connectivity index (χ1n) is 7.42. The second kappa shape index (κ2) is 6.87. The van der Waals surface area contributed by atoms with E-state index in [9.17, 15) is 22.8 Å². The average molecular weight is 360 g/mol. The lowest BCUT2D eigenvalue weighted by molar-refractivity contribution is -0.137. The fraction of sp³-hybridized carbons (Fsp3) is 0.0526. The highest BCUT2D eigenvalue weighted by molar-refractivity contribution is 5.89. The Labute approximate surface area is 145 Å². The number of alkyl halides is 3. The lowest BCUT2D eigenvalue weighted by atomic mass is 10.1. The fourth-order valence-corrected chi connectivity index (χ4v) is 2.24. The first-order valence-corrected chi connectivity index (χ1v) is 7.42. The minimum atomic E-state index is -4.46.